The molecule has 384 valence electrons. The van der Waals surface area contributed by atoms with Crippen molar-refractivity contribution in [3.63, 3.8) is 0 Å². The largest absolute Gasteiger partial charge is 0.379 e. The molecule has 0 saturated carbocycles. The van der Waals surface area contributed by atoms with E-state index in [0.29, 0.717) is 138 Å². The summed E-state index contributed by atoms with van der Waals surface area (Å²) in [6.07, 6.45) is 8.35. The predicted octanol–water partition coefficient (Wildman–Crippen LogP) is 4.25. The highest BCUT2D eigenvalue weighted by Gasteiger charge is 2.24. The van der Waals surface area contributed by atoms with Crippen LogP contribution in [0.3, 0.4) is 0 Å². The number of hydrogen-bond acceptors (Lipinski definition) is 16. The average Bonchev–Trinajstić information content (AvgIpc) is 3.44. The lowest BCUT2D eigenvalue weighted by Crippen LogP contribution is -2.49. The van der Waals surface area contributed by atoms with E-state index >= 15 is 0 Å². The summed E-state index contributed by atoms with van der Waals surface area (Å²) in [7, 11) is 0. The van der Waals surface area contributed by atoms with Gasteiger partial charge in [-0.1, -0.05) is 60.7 Å². The normalized spacial score (nSPS) is 14.2. The second kappa shape index (κ2) is 27.4. The minimum Gasteiger partial charge on any atom is -0.379 e. The number of piperazine rings is 2. The summed E-state index contributed by atoms with van der Waals surface area (Å²) in [5, 5.41) is 37.3. The van der Waals surface area contributed by atoms with E-state index in [1.165, 1.54) is 0 Å². The Morgan fingerprint density at radius 2 is 0.973 bits per heavy atom. The molecule has 2 aliphatic rings. The molecule has 0 aliphatic carbocycles. The first-order valence-electron chi connectivity index (χ1n) is 24.7. The highest BCUT2D eigenvalue weighted by molar-refractivity contribution is 5.77. The van der Waals surface area contributed by atoms with Gasteiger partial charge in [0.1, 0.15) is 23.8 Å². The third-order valence-corrected chi connectivity index (χ3v) is 12.8. The number of nitriles is 2. The molecule has 0 bridgehead atoms. The summed E-state index contributed by atoms with van der Waals surface area (Å²) >= 11 is 0. The van der Waals surface area contributed by atoms with Crippen LogP contribution in [0.15, 0.2) is 119 Å². The molecule has 2 fully saturated rings. The number of nitrogens with zero attached hydrogens (tertiary/aromatic N) is 10. The fourth-order valence-corrected chi connectivity index (χ4v) is 8.48. The van der Waals surface area contributed by atoms with Gasteiger partial charge >= 0.3 is 0 Å². The number of pyridine rings is 2. The molecular formula is C54H62N14O6. The molecule has 20 nitrogen and oxygen atoms in total. The average molecular weight is 1000 g/mol. The molecule has 2 aliphatic heterocycles. The van der Waals surface area contributed by atoms with Crippen LogP contribution >= 0.6 is 0 Å². The van der Waals surface area contributed by atoms with Gasteiger partial charge < -0.3 is 39.7 Å². The van der Waals surface area contributed by atoms with Gasteiger partial charge in [0.25, 0.3) is 11.1 Å². The molecule has 2 atom stereocenters. The summed E-state index contributed by atoms with van der Waals surface area (Å²) in [5.41, 5.74) is 5.35. The van der Waals surface area contributed by atoms with Crippen molar-refractivity contribution in [2.24, 2.45) is 0 Å². The molecule has 74 heavy (non-hydrogen) atoms. The zero-order chi connectivity index (χ0) is 52.1. The van der Waals surface area contributed by atoms with Crippen molar-refractivity contribution < 1.29 is 19.1 Å². The van der Waals surface area contributed by atoms with Crippen LogP contribution in [0.25, 0.3) is 0 Å². The van der Waals surface area contributed by atoms with Gasteiger partial charge in [0.05, 0.1) is 86.2 Å². The Kier molecular flexibility index (Phi) is 19.7. The van der Waals surface area contributed by atoms with E-state index in [4.69, 9.17) is 20.0 Å². The van der Waals surface area contributed by atoms with Crippen molar-refractivity contribution in [1.29, 1.82) is 10.5 Å². The van der Waals surface area contributed by atoms with E-state index in [-0.39, 0.29) is 35.0 Å². The monoisotopic (exact) mass is 1000 g/mol. The number of aromatic amines is 2. The second-order valence-electron chi connectivity index (χ2n) is 18.0. The molecule has 20 heteroatoms. The minimum absolute atomic E-state index is 0.0645. The minimum atomic E-state index is -0.231. The highest BCUT2D eigenvalue weighted by atomic mass is 16.5. The fraction of sp³-hybridized carbons (Fsp3) is 0.370. The molecule has 2 aromatic carbocycles. The van der Waals surface area contributed by atoms with Gasteiger partial charge in [-0.15, -0.1) is 0 Å². The van der Waals surface area contributed by atoms with Crippen molar-refractivity contribution in [3.05, 3.63) is 164 Å². The Balaban J connectivity index is 0.000000216. The molecule has 0 unspecified atom stereocenters. The number of ether oxygens (including phenoxy) is 2. The maximum Gasteiger partial charge on any atom is 0.269 e. The maximum atomic E-state index is 12.7. The van der Waals surface area contributed by atoms with Crippen LogP contribution in [0.1, 0.15) is 46.2 Å². The molecule has 8 rings (SSSR count). The summed E-state index contributed by atoms with van der Waals surface area (Å²) in [6, 6.07) is 31.2. The van der Waals surface area contributed by atoms with Crippen LogP contribution in [0.4, 0.5) is 23.0 Å². The van der Waals surface area contributed by atoms with Crippen LogP contribution in [0.2, 0.25) is 0 Å². The fourth-order valence-electron chi connectivity index (χ4n) is 8.48. The Hall–Kier alpha value is -8.46. The molecule has 4 aromatic heterocycles. The Labute approximate surface area is 430 Å². The van der Waals surface area contributed by atoms with Crippen molar-refractivity contribution in [3.8, 4) is 12.1 Å². The quantitative estimate of drug-likeness (QED) is 0.0780. The van der Waals surface area contributed by atoms with Crippen molar-refractivity contribution >= 4 is 34.8 Å². The maximum absolute atomic E-state index is 12.7. The lowest BCUT2D eigenvalue weighted by Gasteiger charge is -2.35. The topological polar surface area (TPSA) is 254 Å². The van der Waals surface area contributed by atoms with Crippen LogP contribution < -0.4 is 31.6 Å². The number of nitrogens with one attached hydrogen (secondary N) is 4. The SMILES string of the molecule is Cc1c(N[C@@H](COCCC(=O)N2CCN(c3ccc(C#N)cn3)CC2)Cc2ccccc2)cn[nH]c1=O.Cc1c(N[C@H](COCCC(=O)N2CCN(c3ccc(C#N)cn3)CC2)Cc2ccccc2)cn[nH]c1=O. The predicted molar refractivity (Wildman–Crippen MR) is 281 cm³/mol. The second-order valence-corrected chi connectivity index (χ2v) is 18.0. The van der Waals surface area contributed by atoms with Gasteiger partial charge in [-0.3, -0.25) is 19.2 Å². The summed E-state index contributed by atoms with van der Waals surface area (Å²) in [6.45, 7) is 10.1. The lowest BCUT2D eigenvalue weighted by molar-refractivity contribution is -0.133. The number of benzene rings is 2. The number of hydrogen-bond donors (Lipinski definition) is 4. The van der Waals surface area contributed by atoms with Crippen LogP contribution in [-0.2, 0) is 31.9 Å². The first-order valence-corrected chi connectivity index (χ1v) is 24.7. The number of carbonyl (C=O) groups is 2. The highest BCUT2D eigenvalue weighted by Crippen LogP contribution is 2.18. The number of anilines is 4. The number of amides is 2. The molecular weight excluding hydrogens is 941 g/mol. The Morgan fingerprint density at radius 1 is 0.581 bits per heavy atom. The van der Waals surface area contributed by atoms with Crippen LogP contribution in [-0.4, -0.2) is 143 Å². The Morgan fingerprint density at radius 3 is 1.32 bits per heavy atom. The van der Waals surface area contributed by atoms with Gasteiger partial charge in [-0.25, -0.2) is 20.2 Å². The van der Waals surface area contributed by atoms with Crippen LogP contribution in [0.5, 0.6) is 0 Å². The molecule has 2 amide bonds. The number of H-pyrrole nitrogens is 2. The lowest BCUT2D eigenvalue weighted by atomic mass is 10.1. The third-order valence-electron chi connectivity index (χ3n) is 12.8. The first-order chi connectivity index (χ1) is 36.1. The summed E-state index contributed by atoms with van der Waals surface area (Å²) in [4.78, 5) is 66.0. The van der Waals surface area contributed by atoms with Gasteiger partial charge in [-0.05, 0) is 62.1 Å². The van der Waals surface area contributed by atoms with E-state index in [0.717, 1.165) is 22.8 Å². The van der Waals surface area contributed by atoms with E-state index in [9.17, 15) is 19.2 Å². The molecule has 2 saturated heterocycles. The van der Waals surface area contributed by atoms with E-state index < -0.39 is 0 Å². The molecule has 6 aromatic rings. The van der Waals surface area contributed by atoms with E-state index in [2.05, 4.69) is 62.9 Å². The van der Waals surface area contributed by atoms with E-state index in [1.807, 2.05) is 82.6 Å². The van der Waals surface area contributed by atoms with Gasteiger partial charge in [-0.2, -0.15) is 20.7 Å². The zero-order valence-electron chi connectivity index (χ0n) is 41.8. The van der Waals surface area contributed by atoms with Crippen LogP contribution in [0, 0.1) is 36.5 Å². The summed E-state index contributed by atoms with van der Waals surface area (Å²) < 4.78 is 11.8. The molecule has 0 radical (unpaired) electrons. The van der Waals surface area contributed by atoms with E-state index in [1.54, 1.807) is 50.8 Å². The van der Waals surface area contributed by atoms with Crippen molar-refractivity contribution in [2.45, 2.75) is 51.6 Å². The number of aromatic nitrogens is 6. The molecule has 0 spiro atoms. The number of carbonyl (C=O) groups excluding carboxylic acids is 2. The molecule has 4 N–H and O–H groups in total. The van der Waals surface area contributed by atoms with Gasteiger partial charge in [0.15, 0.2) is 0 Å². The van der Waals surface area contributed by atoms with Gasteiger partial charge in [0.2, 0.25) is 11.8 Å². The van der Waals surface area contributed by atoms with Crippen molar-refractivity contribution in [1.82, 2.24) is 40.2 Å². The molecule has 6 heterocycles. The summed E-state index contributed by atoms with van der Waals surface area (Å²) in [5.74, 6) is 1.76. The zero-order valence-corrected chi connectivity index (χ0v) is 41.8. The van der Waals surface area contributed by atoms with Crippen molar-refractivity contribution in [2.75, 3.05) is 99.2 Å². The van der Waals surface area contributed by atoms with Gasteiger partial charge in [0, 0.05) is 75.9 Å². The smallest absolute Gasteiger partial charge is 0.269 e. The standard InChI is InChI=1S/2C27H31N7O3/c2*1-20-24(18-30-32-27(20)36)31-23(15-21-5-3-2-4-6-21)19-37-14-9-26(35)34-12-10-33(11-13-34)25-8-7-22(16-28)17-29-25/h2*2-8,17-18,23H,9-15,19H2,1H3,(H2,31,32,36)/t2*23-/m10/s1. The third kappa shape index (κ3) is 15.8. The first kappa shape index (κ1) is 53.3. The number of rotatable bonds is 20. The Bertz CT molecular complexity index is 2730.